The summed E-state index contributed by atoms with van der Waals surface area (Å²) in [4.78, 5) is 13.0. The lowest BCUT2D eigenvalue weighted by molar-refractivity contribution is -0.0886. The van der Waals surface area contributed by atoms with Crippen LogP contribution < -0.4 is 4.90 Å². The number of hydrogen-bond acceptors (Lipinski definition) is 3. The Kier molecular flexibility index (Phi) is 3.19. The van der Waals surface area contributed by atoms with Crippen molar-refractivity contribution >= 4 is 11.5 Å². The van der Waals surface area contributed by atoms with Crippen molar-refractivity contribution < 1.29 is 23.1 Å². The molecule has 0 aliphatic carbocycles. The summed E-state index contributed by atoms with van der Waals surface area (Å²) >= 11 is 0. The minimum absolute atomic E-state index is 0.162. The van der Waals surface area contributed by atoms with Crippen LogP contribution in [0.15, 0.2) is 18.2 Å². The lowest BCUT2D eigenvalue weighted by atomic mass is 10.1. The zero-order valence-electron chi connectivity index (χ0n) is 9.50. The number of carbonyl (C=O) groups is 1. The number of alkyl halides is 3. The number of hydrogen-bond donors (Lipinski definition) is 1. The van der Waals surface area contributed by atoms with Crippen molar-refractivity contribution in [3.63, 3.8) is 0 Å². The van der Waals surface area contributed by atoms with Gasteiger partial charge in [0.1, 0.15) is 5.75 Å². The molecule has 1 fully saturated rings. The predicted molar refractivity (Wildman–Crippen MR) is 59.9 cm³/mol. The molecule has 0 spiro atoms. The maximum atomic E-state index is 12.5. The number of phenols is 1. The zero-order chi connectivity index (χ0) is 13.3. The van der Waals surface area contributed by atoms with Crippen LogP contribution in [-0.2, 0) is 0 Å². The summed E-state index contributed by atoms with van der Waals surface area (Å²) in [6.07, 6.45) is -3.24. The molecule has 0 bridgehead atoms. The number of halogens is 3. The molecule has 1 aliphatic heterocycles. The predicted octanol–water partition coefficient (Wildman–Crippen LogP) is 2.74. The standard InChI is InChI=1S/C12H12F3NO2/c13-12(14,15)11(18)10-8(4-3-5-9(10)17)16-6-1-2-7-16/h3-5,17H,1-2,6-7H2. The summed E-state index contributed by atoms with van der Waals surface area (Å²) in [5.41, 5.74) is -0.485. The van der Waals surface area contributed by atoms with Crippen molar-refractivity contribution in [3.8, 4) is 5.75 Å². The van der Waals surface area contributed by atoms with Crippen LogP contribution in [0.25, 0.3) is 0 Å². The van der Waals surface area contributed by atoms with E-state index in [0.29, 0.717) is 13.1 Å². The quantitative estimate of drug-likeness (QED) is 0.830. The van der Waals surface area contributed by atoms with Crippen molar-refractivity contribution in [1.82, 2.24) is 0 Å². The van der Waals surface area contributed by atoms with E-state index in [1.54, 1.807) is 4.90 Å². The molecule has 1 aromatic carbocycles. The van der Waals surface area contributed by atoms with Crippen LogP contribution in [0.4, 0.5) is 18.9 Å². The minimum Gasteiger partial charge on any atom is -0.507 e. The van der Waals surface area contributed by atoms with Gasteiger partial charge in [-0.25, -0.2) is 0 Å². The Morgan fingerprint density at radius 3 is 2.39 bits per heavy atom. The summed E-state index contributed by atoms with van der Waals surface area (Å²) < 4.78 is 37.5. The highest BCUT2D eigenvalue weighted by Gasteiger charge is 2.42. The number of anilines is 1. The Labute approximate surface area is 102 Å². The second-order valence-corrected chi connectivity index (χ2v) is 4.19. The fraction of sp³-hybridized carbons (Fsp3) is 0.417. The molecule has 2 rings (SSSR count). The number of Topliss-reactive ketones (excluding diaryl/α,β-unsaturated/α-hetero) is 1. The van der Waals surface area contributed by atoms with Gasteiger partial charge in [-0.3, -0.25) is 4.79 Å². The van der Waals surface area contributed by atoms with E-state index in [0.717, 1.165) is 18.9 Å². The van der Waals surface area contributed by atoms with Gasteiger partial charge in [0.2, 0.25) is 0 Å². The Morgan fingerprint density at radius 2 is 1.83 bits per heavy atom. The van der Waals surface area contributed by atoms with Gasteiger partial charge in [-0.15, -0.1) is 0 Å². The van der Waals surface area contributed by atoms with E-state index in [-0.39, 0.29) is 5.69 Å². The van der Waals surface area contributed by atoms with E-state index in [4.69, 9.17) is 0 Å². The molecule has 0 unspecified atom stereocenters. The summed E-state index contributed by atoms with van der Waals surface area (Å²) in [7, 11) is 0. The van der Waals surface area contributed by atoms with E-state index in [9.17, 15) is 23.1 Å². The first-order valence-corrected chi connectivity index (χ1v) is 5.59. The fourth-order valence-electron chi connectivity index (χ4n) is 2.12. The molecule has 1 N–H and O–H groups in total. The van der Waals surface area contributed by atoms with Gasteiger partial charge in [0.25, 0.3) is 5.78 Å². The third-order valence-corrected chi connectivity index (χ3v) is 2.95. The van der Waals surface area contributed by atoms with Crippen molar-refractivity contribution in [2.75, 3.05) is 18.0 Å². The van der Waals surface area contributed by atoms with Crippen LogP contribution in [-0.4, -0.2) is 30.2 Å². The van der Waals surface area contributed by atoms with Gasteiger partial charge in [0, 0.05) is 13.1 Å². The largest absolute Gasteiger partial charge is 0.507 e. The number of phenolic OH excluding ortho intramolecular Hbond substituents is 1. The normalized spacial score (nSPS) is 16.1. The van der Waals surface area contributed by atoms with Gasteiger partial charge in [0.15, 0.2) is 0 Å². The highest BCUT2D eigenvalue weighted by Crippen LogP contribution is 2.35. The molecule has 0 saturated carbocycles. The Balaban J connectivity index is 2.47. The van der Waals surface area contributed by atoms with Crippen molar-refractivity contribution in [1.29, 1.82) is 0 Å². The summed E-state index contributed by atoms with van der Waals surface area (Å²) in [5.74, 6) is -2.62. The average Bonchev–Trinajstić information content (AvgIpc) is 2.79. The van der Waals surface area contributed by atoms with Crippen molar-refractivity contribution in [3.05, 3.63) is 23.8 Å². The molecule has 1 aromatic rings. The Bertz CT molecular complexity index is 465. The number of rotatable bonds is 2. The molecule has 0 radical (unpaired) electrons. The number of benzene rings is 1. The van der Waals surface area contributed by atoms with Crippen LogP contribution in [0.2, 0.25) is 0 Å². The molecular formula is C12H12F3NO2. The molecule has 0 aromatic heterocycles. The molecular weight excluding hydrogens is 247 g/mol. The molecule has 3 nitrogen and oxygen atoms in total. The van der Waals surface area contributed by atoms with Crippen LogP contribution >= 0.6 is 0 Å². The molecule has 0 amide bonds. The van der Waals surface area contributed by atoms with Crippen LogP contribution in [0.3, 0.4) is 0 Å². The van der Waals surface area contributed by atoms with E-state index >= 15 is 0 Å². The monoisotopic (exact) mass is 259 g/mol. The second-order valence-electron chi connectivity index (χ2n) is 4.19. The van der Waals surface area contributed by atoms with Gasteiger partial charge < -0.3 is 10.0 Å². The van der Waals surface area contributed by atoms with E-state index < -0.39 is 23.3 Å². The summed E-state index contributed by atoms with van der Waals surface area (Å²) in [6.45, 7) is 1.20. The highest BCUT2D eigenvalue weighted by molar-refractivity contribution is 6.07. The van der Waals surface area contributed by atoms with Gasteiger partial charge in [0.05, 0.1) is 11.3 Å². The maximum absolute atomic E-state index is 12.5. The van der Waals surface area contributed by atoms with Crippen molar-refractivity contribution in [2.45, 2.75) is 19.0 Å². The first-order chi connectivity index (χ1) is 8.41. The number of aromatic hydroxyl groups is 1. The lowest BCUT2D eigenvalue weighted by Gasteiger charge is -2.21. The molecule has 6 heteroatoms. The lowest BCUT2D eigenvalue weighted by Crippen LogP contribution is -2.27. The highest BCUT2D eigenvalue weighted by atomic mass is 19.4. The molecule has 1 aliphatic rings. The van der Waals surface area contributed by atoms with Crippen LogP contribution in [0.1, 0.15) is 23.2 Å². The number of carbonyl (C=O) groups excluding carboxylic acids is 1. The first-order valence-electron chi connectivity index (χ1n) is 5.59. The molecule has 1 saturated heterocycles. The molecule has 98 valence electrons. The Hall–Kier alpha value is -1.72. The van der Waals surface area contributed by atoms with Gasteiger partial charge in [-0.2, -0.15) is 13.2 Å². The first kappa shape index (κ1) is 12.7. The van der Waals surface area contributed by atoms with Gasteiger partial charge in [-0.1, -0.05) is 6.07 Å². The van der Waals surface area contributed by atoms with E-state index in [1.165, 1.54) is 12.1 Å². The second kappa shape index (κ2) is 4.51. The number of ketones is 1. The average molecular weight is 259 g/mol. The topological polar surface area (TPSA) is 40.5 Å². The summed E-state index contributed by atoms with van der Waals surface area (Å²) in [6, 6.07) is 3.97. The zero-order valence-corrected chi connectivity index (χ0v) is 9.50. The Morgan fingerprint density at radius 1 is 1.22 bits per heavy atom. The van der Waals surface area contributed by atoms with Crippen LogP contribution in [0.5, 0.6) is 5.75 Å². The molecule has 1 heterocycles. The van der Waals surface area contributed by atoms with E-state index in [1.807, 2.05) is 0 Å². The third-order valence-electron chi connectivity index (χ3n) is 2.95. The SMILES string of the molecule is O=C(c1c(O)cccc1N1CCCC1)C(F)(F)F. The smallest absolute Gasteiger partial charge is 0.455 e. The third kappa shape index (κ3) is 2.27. The van der Waals surface area contributed by atoms with E-state index in [2.05, 4.69) is 0 Å². The maximum Gasteiger partial charge on any atom is 0.455 e. The van der Waals surface area contributed by atoms with Crippen molar-refractivity contribution in [2.24, 2.45) is 0 Å². The van der Waals surface area contributed by atoms with Gasteiger partial charge in [-0.05, 0) is 25.0 Å². The van der Waals surface area contributed by atoms with Crippen LogP contribution in [0, 0.1) is 0 Å². The minimum atomic E-state index is -4.98. The fourth-order valence-corrected chi connectivity index (χ4v) is 2.12. The van der Waals surface area contributed by atoms with Gasteiger partial charge >= 0.3 is 6.18 Å². The molecule has 18 heavy (non-hydrogen) atoms. The molecule has 0 atom stereocenters. The summed E-state index contributed by atoms with van der Waals surface area (Å²) in [5, 5.41) is 9.54. The number of nitrogens with zero attached hydrogens (tertiary/aromatic N) is 1.